The van der Waals surface area contributed by atoms with Crippen LogP contribution in [0.5, 0.6) is 11.5 Å². The quantitative estimate of drug-likeness (QED) is 0.917. The molecule has 0 aliphatic rings. The first-order chi connectivity index (χ1) is 9.62. The third-order valence-corrected chi connectivity index (χ3v) is 4.22. The zero-order valence-corrected chi connectivity index (χ0v) is 12.5. The van der Waals surface area contributed by atoms with Gasteiger partial charge in [0.2, 0.25) is 0 Å². The van der Waals surface area contributed by atoms with E-state index in [0.29, 0.717) is 11.5 Å². The van der Waals surface area contributed by atoms with Crippen molar-refractivity contribution in [3.8, 4) is 11.5 Å². The molecule has 0 bridgehead atoms. The van der Waals surface area contributed by atoms with Gasteiger partial charge in [0.05, 0.1) is 14.2 Å². The SMILES string of the molecule is CCc1ccsc1C(O)c1cc(OC)c(OC)cc1F. The molecule has 0 aliphatic carbocycles. The van der Waals surface area contributed by atoms with Crippen LogP contribution in [-0.2, 0) is 6.42 Å². The van der Waals surface area contributed by atoms with E-state index in [9.17, 15) is 9.50 Å². The van der Waals surface area contributed by atoms with Gasteiger partial charge in [0.25, 0.3) is 0 Å². The highest BCUT2D eigenvalue weighted by atomic mass is 32.1. The first-order valence-electron chi connectivity index (χ1n) is 6.28. The molecule has 108 valence electrons. The van der Waals surface area contributed by atoms with Crippen molar-refractivity contribution in [2.75, 3.05) is 14.2 Å². The predicted octanol–water partition coefficient (Wildman–Crippen LogP) is 3.55. The summed E-state index contributed by atoms with van der Waals surface area (Å²) in [6.07, 6.45) is -0.199. The second kappa shape index (κ2) is 6.24. The average Bonchev–Trinajstić information content (AvgIpc) is 2.94. The molecule has 0 aliphatic heterocycles. The Morgan fingerprint density at radius 1 is 1.25 bits per heavy atom. The first kappa shape index (κ1) is 14.8. The average molecular weight is 296 g/mol. The second-order valence-corrected chi connectivity index (χ2v) is 5.24. The molecule has 1 aromatic heterocycles. The van der Waals surface area contributed by atoms with Gasteiger partial charge in [-0.15, -0.1) is 11.3 Å². The number of methoxy groups -OCH3 is 2. The fraction of sp³-hybridized carbons (Fsp3) is 0.333. The summed E-state index contributed by atoms with van der Waals surface area (Å²) in [7, 11) is 2.93. The molecule has 0 amide bonds. The lowest BCUT2D eigenvalue weighted by Gasteiger charge is -2.15. The molecule has 1 heterocycles. The number of aliphatic hydroxyl groups excluding tert-OH is 1. The molecule has 1 aromatic carbocycles. The van der Waals surface area contributed by atoms with Crippen LogP contribution in [0.3, 0.4) is 0 Å². The Bertz CT molecular complexity index is 595. The summed E-state index contributed by atoms with van der Waals surface area (Å²) in [5.74, 6) is 0.200. The monoisotopic (exact) mass is 296 g/mol. The van der Waals surface area contributed by atoms with Gasteiger partial charge in [-0.3, -0.25) is 0 Å². The molecule has 1 N–H and O–H groups in total. The van der Waals surface area contributed by atoms with Crippen molar-refractivity contribution in [3.05, 3.63) is 45.4 Å². The van der Waals surface area contributed by atoms with Crippen LogP contribution in [0.2, 0.25) is 0 Å². The molecule has 5 heteroatoms. The summed E-state index contributed by atoms with van der Waals surface area (Å²) in [5.41, 5.74) is 1.22. The van der Waals surface area contributed by atoms with Crippen LogP contribution >= 0.6 is 11.3 Å². The minimum absolute atomic E-state index is 0.194. The van der Waals surface area contributed by atoms with Crippen LogP contribution < -0.4 is 9.47 Å². The van der Waals surface area contributed by atoms with Crippen LogP contribution in [0.25, 0.3) is 0 Å². The van der Waals surface area contributed by atoms with Gasteiger partial charge >= 0.3 is 0 Å². The van der Waals surface area contributed by atoms with Gasteiger partial charge < -0.3 is 14.6 Å². The predicted molar refractivity (Wildman–Crippen MR) is 77.3 cm³/mol. The van der Waals surface area contributed by atoms with Gasteiger partial charge in [-0.1, -0.05) is 6.92 Å². The van der Waals surface area contributed by atoms with Crippen molar-refractivity contribution >= 4 is 11.3 Å². The maximum atomic E-state index is 14.1. The zero-order valence-electron chi connectivity index (χ0n) is 11.6. The van der Waals surface area contributed by atoms with E-state index in [-0.39, 0.29) is 5.56 Å². The maximum absolute atomic E-state index is 14.1. The number of thiophene rings is 1. The molecule has 0 fully saturated rings. The highest BCUT2D eigenvalue weighted by Crippen LogP contribution is 2.37. The van der Waals surface area contributed by atoms with E-state index in [1.807, 2.05) is 18.4 Å². The standard InChI is InChI=1S/C15H17FO3S/c1-4-9-5-6-20-15(9)14(17)10-7-12(18-2)13(19-3)8-11(10)16/h5-8,14,17H,4H2,1-3H3. The first-order valence-corrected chi connectivity index (χ1v) is 7.16. The fourth-order valence-corrected chi connectivity index (χ4v) is 3.10. The Kier molecular flexibility index (Phi) is 4.62. The summed E-state index contributed by atoms with van der Waals surface area (Å²) < 4.78 is 24.3. The molecule has 0 spiro atoms. The number of rotatable bonds is 5. The Morgan fingerprint density at radius 3 is 2.50 bits per heavy atom. The molecular formula is C15H17FO3S. The van der Waals surface area contributed by atoms with Crippen LogP contribution in [0.15, 0.2) is 23.6 Å². The van der Waals surface area contributed by atoms with Crippen LogP contribution in [0.4, 0.5) is 4.39 Å². The molecule has 3 nitrogen and oxygen atoms in total. The lowest BCUT2D eigenvalue weighted by molar-refractivity contribution is 0.216. The number of hydrogen-bond acceptors (Lipinski definition) is 4. The van der Waals surface area contributed by atoms with E-state index < -0.39 is 11.9 Å². The number of aliphatic hydroxyl groups is 1. The number of halogens is 1. The molecule has 0 saturated heterocycles. The normalized spacial score (nSPS) is 12.2. The van der Waals surface area contributed by atoms with E-state index in [4.69, 9.17) is 9.47 Å². The fourth-order valence-electron chi connectivity index (χ4n) is 2.10. The minimum atomic E-state index is -0.996. The number of benzene rings is 1. The Labute approximate surface area is 121 Å². The highest BCUT2D eigenvalue weighted by Gasteiger charge is 2.21. The lowest BCUT2D eigenvalue weighted by atomic mass is 10.0. The van der Waals surface area contributed by atoms with Crippen molar-refractivity contribution in [3.63, 3.8) is 0 Å². The van der Waals surface area contributed by atoms with Crippen LogP contribution in [-0.4, -0.2) is 19.3 Å². The van der Waals surface area contributed by atoms with Crippen molar-refractivity contribution in [2.24, 2.45) is 0 Å². The zero-order chi connectivity index (χ0) is 14.7. The van der Waals surface area contributed by atoms with E-state index >= 15 is 0 Å². The van der Waals surface area contributed by atoms with Crippen LogP contribution in [0, 0.1) is 5.82 Å². The summed E-state index contributed by atoms with van der Waals surface area (Å²) in [6.45, 7) is 2.00. The van der Waals surface area contributed by atoms with Gasteiger partial charge in [0.1, 0.15) is 11.9 Å². The number of ether oxygens (including phenoxy) is 2. The van der Waals surface area contributed by atoms with Gasteiger partial charge in [0, 0.05) is 16.5 Å². The van der Waals surface area contributed by atoms with Crippen LogP contribution in [0.1, 0.15) is 29.0 Å². The minimum Gasteiger partial charge on any atom is -0.493 e. The van der Waals surface area contributed by atoms with E-state index in [1.165, 1.54) is 37.7 Å². The van der Waals surface area contributed by atoms with Crippen molar-refractivity contribution in [2.45, 2.75) is 19.4 Å². The summed E-state index contributed by atoms with van der Waals surface area (Å²) in [5, 5.41) is 12.3. The van der Waals surface area contributed by atoms with Crippen molar-refractivity contribution < 1.29 is 19.0 Å². The molecule has 20 heavy (non-hydrogen) atoms. The molecule has 0 saturated carbocycles. The topological polar surface area (TPSA) is 38.7 Å². The van der Waals surface area contributed by atoms with E-state index in [1.54, 1.807) is 0 Å². The van der Waals surface area contributed by atoms with Gasteiger partial charge in [-0.25, -0.2) is 4.39 Å². The Hall–Kier alpha value is -1.59. The Balaban J connectivity index is 2.46. The van der Waals surface area contributed by atoms with Gasteiger partial charge in [-0.2, -0.15) is 0 Å². The Morgan fingerprint density at radius 2 is 1.90 bits per heavy atom. The van der Waals surface area contributed by atoms with Gasteiger partial charge in [0.15, 0.2) is 11.5 Å². The molecule has 0 radical (unpaired) electrons. The summed E-state index contributed by atoms with van der Waals surface area (Å²) >= 11 is 1.42. The van der Waals surface area contributed by atoms with E-state index in [0.717, 1.165) is 16.9 Å². The molecule has 1 unspecified atom stereocenters. The van der Waals surface area contributed by atoms with E-state index in [2.05, 4.69) is 0 Å². The number of hydrogen-bond donors (Lipinski definition) is 1. The molecule has 2 aromatic rings. The maximum Gasteiger partial charge on any atom is 0.163 e. The molecule has 2 rings (SSSR count). The third-order valence-electron chi connectivity index (χ3n) is 3.21. The summed E-state index contributed by atoms with van der Waals surface area (Å²) in [6, 6.07) is 4.66. The highest BCUT2D eigenvalue weighted by molar-refractivity contribution is 7.10. The third kappa shape index (κ3) is 2.64. The second-order valence-electron chi connectivity index (χ2n) is 4.29. The van der Waals surface area contributed by atoms with Crippen molar-refractivity contribution in [1.82, 2.24) is 0 Å². The van der Waals surface area contributed by atoms with Gasteiger partial charge in [-0.05, 0) is 29.5 Å². The molecule has 1 atom stereocenters. The largest absolute Gasteiger partial charge is 0.493 e. The van der Waals surface area contributed by atoms with Crippen molar-refractivity contribution in [1.29, 1.82) is 0 Å². The smallest absolute Gasteiger partial charge is 0.163 e. The lowest BCUT2D eigenvalue weighted by Crippen LogP contribution is -2.04. The molecular weight excluding hydrogens is 279 g/mol. The summed E-state index contributed by atoms with van der Waals surface area (Å²) in [4.78, 5) is 0.763. The number of aryl methyl sites for hydroxylation is 1.